The molecular weight excluding hydrogens is 669 g/mol. The van der Waals surface area contributed by atoms with Crippen LogP contribution in [0.5, 0.6) is 0 Å². The highest BCUT2D eigenvalue weighted by Gasteiger charge is 2.69. The highest BCUT2D eigenvalue weighted by atomic mass is 32.2. The van der Waals surface area contributed by atoms with Gasteiger partial charge >= 0.3 is 5.97 Å². The molecule has 0 saturated heterocycles. The van der Waals surface area contributed by atoms with E-state index in [-0.39, 0.29) is 43.8 Å². The topological polar surface area (TPSA) is 116 Å². The first kappa shape index (κ1) is 35.6. The van der Waals surface area contributed by atoms with Crippen LogP contribution in [0.25, 0.3) is 10.9 Å². The number of carbonyl (C=O) groups is 2. The molecule has 0 aliphatic heterocycles. The number of carboxylic acid groups (broad SMARTS) is 1. The molecule has 0 bridgehead atoms. The minimum absolute atomic E-state index is 0.0214. The molecule has 0 unspecified atom stereocenters. The molecule has 3 saturated carbocycles. The molecule has 1 amide bonds. The third-order valence-electron chi connectivity index (χ3n) is 16.1. The van der Waals surface area contributed by atoms with Gasteiger partial charge < -0.3 is 10.1 Å². The van der Waals surface area contributed by atoms with Crippen LogP contribution in [0.15, 0.2) is 59.0 Å². The van der Waals surface area contributed by atoms with Crippen molar-refractivity contribution in [2.24, 2.45) is 44.8 Å². The number of aromatic amines is 1. The van der Waals surface area contributed by atoms with Crippen molar-refractivity contribution in [3.05, 3.63) is 76.5 Å². The first-order chi connectivity index (χ1) is 24.2. The van der Waals surface area contributed by atoms with Crippen molar-refractivity contribution in [2.45, 2.75) is 123 Å². The number of fused-ring (bicyclic) bond motifs is 10. The standard InChI is InChI=1S/C44H56N2O5S/c1-26-9-12-28(13-10-26)52(50,51)46-38(49)44-21-19-39(2,3)25-32(44)31-14-16-35-41(6)24-30-29-23-27(37(47)48)11-15-33(29)45-36(30)40(4,5)34(41)17-18-43(35,8)42(31,7)20-22-44/h9-15,23,32,34-35,45H,16-22,24-25H2,1-8H3,(H,46,49)(H,47,48)/t32-,34-,35+,41-,42+,43+,44-/m0/s1. The van der Waals surface area contributed by atoms with E-state index in [1.54, 1.807) is 30.3 Å². The maximum atomic E-state index is 14.6. The van der Waals surface area contributed by atoms with Crippen LogP contribution < -0.4 is 4.72 Å². The van der Waals surface area contributed by atoms with Gasteiger partial charge in [-0.3, -0.25) is 4.79 Å². The van der Waals surface area contributed by atoms with Crippen LogP contribution in [0.2, 0.25) is 0 Å². The van der Waals surface area contributed by atoms with Gasteiger partial charge in [-0.2, -0.15) is 0 Å². The summed E-state index contributed by atoms with van der Waals surface area (Å²) in [5.41, 5.74) is 5.20. The van der Waals surface area contributed by atoms with Gasteiger partial charge in [-0.05, 0) is 140 Å². The predicted molar refractivity (Wildman–Crippen MR) is 205 cm³/mol. The van der Waals surface area contributed by atoms with Gasteiger partial charge in [0.15, 0.2) is 0 Å². The fraction of sp³-hybridized carbons (Fsp3) is 0.591. The van der Waals surface area contributed by atoms with Crippen molar-refractivity contribution < 1.29 is 23.1 Å². The molecule has 7 nitrogen and oxygen atoms in total. The zero-order valence-electron chi connectivity index (χ0n) is 32.2. The number of benzene rings is 2. The van der Waals surface area contributed by atoms with E-state index in [0.29, 0.717) is 30.2 Å². The highest BCUT2D eigenvalue weighted by Crippen LogP contribution is 2.75. The lowest BCUT2D eigenvalue weighted by Gasteiger charge is -2.70. The van der Waals surface area contributed by atoms with Crippen LogP contribution in [0.4, 0.5) is 0 Å². The Morgan fingerprint density at radius 3 is 2.27 bits per heavy atom. The Hall–Kier alpha value is -3.39. The number of rotatable bonds is 4. The summed E-state index contributed by atoms with van der Waals surface area (Å²) >= 11 is 0. The molecule has 1 aromatic heterocycles. The number of hydrogen-bond donors (Lipinski definition) is 3. The zero-order valence-corrected chi connectivity index (χ0v) is 33.0. The van der Waals surface area contributed by atoms with Crippen LogP contribution >= 0.6 is 0 Å². The van der Waals surface area contributed by atoms with E-state index in [4.69, 9.17) is 0 Å². The monoisotopic (exact) mass is 724 g/mol. The molecule has 3 aromatic rings. The minimum Gasteiger partial charge on any atom is -0.478 e. The highest BCUT2D eigenvalue weighted by molar-refractivity contribution is 7.90. The number of hydrogen-bond acceptors (Lipinski definition) is 4. The third kappa shape index (κ3) is 4.77. The van der Waals surface area contributed by atoms with Crippen LogP contribution in [0, 0.1) is 51.8 Å². The van der Waals surface area contributed by atoms with Gasteiger partial charge in [-0.25, -0.2) is 17.9 Å². The second kappa shape index (κ2) is 11.1. The van der Waals surface area contributed by atoms with Crippen molar-refractivity contribution in [2.75, 3.05) is 0 Å². The fourth-order valence-corrected chi connectivity index (χ4v) is 14.2. The number of allylic oxidation sites excluding steroid dienone is 2. The lowest BCUT2D eigenvalue weighted by Crippen LogP contribution is -2.65. The van der Waals surface area contributed by atoms with Crippen molar-refractivity contribution in [1.29, 1.82) is 0 Å². The second-order valence-electron chi connectivity index (χ2n) is 19.6. The van der Waals surface area contributed by atoms with E-state index in [2.05, 4.69) is 64.2 Å². The van der Waals surface area contributed by atoms with E-state index in [1.165, 1.54) is 16.8 Å². The molecule has 0 spiro atoms. The van der Waals surface area contributed by atoms with E-state index in [0.717, 1.165) is 61.4 Å². The quantitative estimate of drug-likeness (QED) is 0.232. The van der Waals surface area contributed by atoms with Crippen LogP contribution in [0.3, 0.4) is 0 Å². The average Bonchev–Trinajstić information content (AvgIpc) is 3.43. The lowest BCUT2D eigenvalue weighted by molar-refractivity contribution is -0.166. The Kier molecular flexibility index (Phi) is 7.59. The number of sulfonamides is 1. The van der Waals surface area contributed by atoms with E-state index in [9.17, 15) is 23.1 Å². The number of amides is 1. The molecule has 2 aromatic carbocycles. The normalized spacial score (nSPS) is 35.9. The maximum absolute atomic E-state index is 14.6. The van der Waals surface area contributed by atoms with Crippen molar-refractivity contribution in [3.8, 4) is 0 Å². The predicted octanol–water partition coefficient (Wildman–Crippen LogP) is 9.50. The molecule has 52 heavy (non-hydrogen) atoms. The average molecular weight is 725 g/mol. The Morgan fingerprint density at radius 2 is 1.58 bits per heavy atom. The van der Waals surface area contributed by atoms with E-state index >= 15 is 0 Å². The molecular formula is C44H56N2O5S. The van der Waals surface area contributed by atoms with E-state index < -0.39 is 21.4 Å². The van der Waals surface area contributed by atoms with Gasteiger partial charge in [-0.15, -0.1) is 0 Å². The summed E-state index contributed by atoms with van der Waals surface area (Å²) in [5, 5.41) is 10.9. The molecule has 5 aliphatic carbocycles. The van der Waals surface area contributed by atoms with Crippen molar-refractivity contribution in [3.63, 3.8) is 0 Å². The van der Waals surface area contributed by atoms with E-state index in [1.807, 2.05) is 19.1 Å². The summed E-state index contributed by atoms with van der Waals surface area (Å²) in [7, 11) is -4.02. The fourth-order valence-electron chi connectivity index (χ4n) is 13.1. The summed E-state index contributed by atoms with van der Waals surface area (Å²) in [4.78, 5) is 30.5. The summed E-state index contributed by atoms with van der Waals surface area (Å²) < 4.78 is 29.9. The van der Waals surface area contributed by atoms with Gasteiger partial charge in [0.1, 0.15) is 0 Å². The molecule has 0 radical (unpaired) electrons. The number of carboxylic acids is 1. The molecule has 8 rings (SSSR count). The SMILES string of the molecule is Cc1ccc(S(=O)(=O)NC(=O)[C@]23CCC(C)(C)C[C@H]2C2=CC[C@@H]4[C@@]5(C)Cc6c([nH]c7ccc(C(=O)O)cc67)C(C)(C)[C@@H]5CC[C@@]4(C)[C@]2(C)CC3)cc1. The first-order valence-electron chi connectivity index (χ1n) is 19.4. The number of carbonyl (C=O) groups excluding carboxylic acids is 1. The first-order valence-corrected chi connectivity index (χ1v) is 20.9. The maximum Gasteiger partial charge on any atom is 0.335 e. The van der Waals surface area contributed by atoms with Gasteiger partial charge in [0.25, 0.3) is 10.0 Å². The molecule has 5 aliphatic rings. The Morgan fingerprint density at radius 1 is 0.885 bits per heavy atom. The summed E-state index contributed by atoms with van der Waals surface area (Å²) in [6.07, 6.45) is 10.5. The minimum atomic E-state index is -4.02. The molecule has 3 N–H and O–H groups in total. The number of aryl methyl sites for hydroxylation is 1. The van der Waals surface area contributed by atoms with Gasteiger partial charge in [0.05, 0.1) is 15.9 Å². The Bertz CT molecular complexity index is 2160. The number of H-pyrrole nitrogens is 1. The summed E-state index contributed by atoms with van der Waals surface area (Å²) in [6, 6.07) is 12.2. The van der Waals surface area contributed by atoms with Gasteiger partial charge in [0, 0.05) is 22.0 Å². The second-order valence-corrected chi connectivity index (χ2v) is 21.2. The van der Waals surface area contributed by atoms with Gasteiger partial charge in [0.2, 0.25) is 5.91 Å². The number of aromatic nitrogens is 1. The molecule has 1 heterocycles. The Balaban J connectivity index is 1.20. The third-order valence-corrected chi connectivity index (χ3v) is 17.5. The number of nitrogens with one attached hydrogen (secondary N) is 2. The largest absolute Gasteiger partial charge is 0.478 e. The van der Waals surface area contributed by atoms with Gasteiger partial charge in [-0.1, -0.05) is 77.8 Å². The summed E-state index contributed by atoms with van der Waals surface area (Å²) in [5.74, 6) is -0.414. The zero-order chi connectivity index (χ0) is 37.4. The molecule has 3 fully saturated rings. The Labute approximate surface area is 309 Å². The molecule has 278 valence electrons. The van der Waals surface area contributed by atoms with Crippen LogP contribution in [0.1, 0.15) is 127 Å². The van der Waals surface area contributed by atoms with Crippen LogP contribution in [-0.2, 0) is 26.7 Å². The van der Waals surface area contributed by atoms with Crippen molar-refractivity contribution in [1.82, 2.24) is 9.71 Å². The van der Waals surface area contributed by atoms with Crippen molar-refractivity contribution >= 4 is 32.8 Å². The summed E-state index contributed by atoms with van der Waals surface area (Å²) in [6.45, 7) is 18.8. The lowest BCUT2D eigenvalue weighted by atomic mass is 9.33. The molecule has 8 heteroatoms. The smallest absolute Gasteiger partial charge is 0.335 e. The molecule has 7 atom stereocenters. The number of aromatic carboxylic acids is 1. The van der Waals surface area contributed by atoms with Crippen LogP contribution in [-0.4, -0.2) is 30.4 Å².